The first-order valence-corrected chi connectivity index (χ1v) is 15.6. The normalized spacial score (nSPS) is 19.0. The van der Waals surface area contributed by atoms with Gasteiger partial charge in [0.05, 0.1) is 12.2 Å². The molecule has 1 fully saturated rings. The third kappa shape index (κ3) is 7.76. The fourth-order valence-corrected chi connectivity index (χ4v) is 5.57. The summed E-state index contributed by atoms with van der Waals surface area (Å²) in [6, 6.07) is 15.5. The summed E-state index contributed by atoms with van der Waals surface area (Å²) in [6.07, 6.45) is 1.87. The van der Waals surface area contributed by atoms with Crippen LogP contribution < -0.4 is 10.1 Å². The Labute approximate surface area is 255 Å². The maximum atomic E-state index is 13.1. The van der Waals surface area contributed by atoms with Crippen molar-refractivity contribution in [3.63, 3.8) is 0 Å². The number of piperidine rings is 1. The molecule has 0 aromatic heterocycles. The molecule has 0 saturated carbocycles. The molecule has 0 bridgehead atoms. The highest BCUT2D eigenvalue weighted by atomic mass is 127. The first-order chi connectivity index (χ1) is 16.0. The van der Waals surface area contributed by atoms with Crippen molar-refractivity contribution in [3.05, 3.63) is 59.7 Å². The molecule has 6 nitrogen and oxygen atoms in total. The van der Waals surface area contributed by atoms with Gasteiger partial charge in [0, 0.05) is 36.3 Å². The largest absolute Gasteiger partial charge is 0.470 e. The molecule has 10 heteroatoms. The fraction of sp³-hybridized carbons (Fsp3) is 0.458. The molecule has 1 aliphatic heterocycles. The Morgan fingerprint density at radius 3 is 2.59 bits per heavy atom. The number of rotatable bonds is 9. The fourth-order valence-electron chi connectivity index (χ4n) is 4.03. The number of amides is 1. The number of anilines is 1. The van der Waals surface area contributed by atoms with Crippen LogP contribution in [0.3, 0.4) is 0 Å². The van der Waals surface area contributed by atoms with E-state index >= 15 is 0 Å². The summed E-state index contributed by atoms with van der Waals surface area (Å²) < 4.78 is 5.29. The summed E-state index contributed by atoms with van der Waals surface area (Å²) in [4.78, 5) is 15.4. The standard InChI is InChI=1S/C24H28I4N2O4/c1-23(33,15-31)18-8-5-11-30(14-18)13-16-9-10-19(12-20(16)34-22(25)26)29-21(32)24(27,28)17-6-3-2-4-7-17/h2-4,6-7,9-10,12,18,22,31,33H,5,8,11,13-15H2,1H3,(H,29,32)/t18-,23+/m0/s1. The van der Waals surface area contributed by atoms with E-state index in [1.807, 2.05) is 48.5 Å². The van der Waals surface area contributed by atoms with Crippen molar-refractivity contribution < 1.29 is 19.7 Å². The molecule has 0 radical (unpaired) electrons. The zero-order chi connectivity index (χ0) is 24.9. The molecule has 0 unspecified atom stereocenters. The summed E-state index contributed by atoms with van der Waals surface area (Å²) in [6.45, 7) is 3.79. The molecule has 2 atom stereocenters. The Kier molecular flexibility index (Phi) is 11.0. The number of carbonyl (C=O) groups excluding carboxylic acids is 1. The number of alkyl halides is 4. The average Bonchev–Trinajstić information content (AvgIpc) is 2.81. The van der Waals surface area contributed by atoms with E-state index in [2.05, 4.69) is 101 Å². The lowest BCUT2D eigenvalue weighted by molar-refractivity contribution is -0.115. The number of hydrogen-bond acceptors (Lipinski definition) is 5. The van der Waals surface area contributed by atoms with Gasteiger partial charge < -0.3 is 20.3 Å². The van der Waals surface area contributed by atoms with Gasteiger partial charge in [-0.05, 0) is 83.1 Å². The van der Waals surface area contributed by atoms with Crippen LogP contribution in [0.15, 0.2) is 48.5 Å². The van der Waals surface area contributed by atoms with Crippen molar-refractivity contribution in [2.75, 3.05) is 25.0 Å². The van der Waals surface area contributed by atoms with Crippen LogP contribution in [-0.4, -0.2) is 48.4 Å². The van der Waals surface area contributed by atoms with Gasteiger partial charge in [0.25, 0.3) is 5.91 Å². The number of benzene rings is 2. The molecule has 3 rings (SSSR count). The highest BCUT2D eigenvalue weighted by molar-refractivity contribution is 14.2. The number of carbonyl (C=O) groups is 1. The molecule has 186 valence electrons. The van der Waals surface area contributed by atoms with Gasteiger partial charge in [-0.3, -0.25) is 9.69 Å². The molecular formula is C24H28I4N2O4. The minimum atomic E-state index is -1.08. The van der Waals surface area contributed by atoms with Crippen LogP contribution >= 0.6 is 90.4 Å². The number of halogens is 4. The summed E-state index contributed by atoms with van der Waals surface area (Å²) in [5, 5.41) is 23.1. The van der Waals surface area contributed by atoms with Crippen LogP contribution in [0, 0.1) is 5.92 Å². The number of ether oxygens (including phenoxy) is 1. The lowest BCUT2D eigenvalue weighted by atomic mass is 9.83. The van der Waals surface area contributed by atoms with Gasteiger partial charge in [-0.15, -0.1) is 0 Å². The number of likely N-dealkylation sites (tertiary alicyclic amines) is 1. The number of nitrogens with zero attached hydrogens (tertiary/aromatic N) is 1. The summed E-state index contributed by atoms with van der Waals surface area (Å²) in [5.41, 5.74) is 1.57. The topological polar surface area (TPSA) is 82.0 Å². The highest BCUT2D eigenvalue weighted by Crippen LogP contribution is 2.41. The van der Waals surface area contributed by atoms with Gasteiger partial charge in [0.1, 0.15) is 5.75 Å². The highest BCUT2D eigenvalue weighted by Gasteiger charge is 2.36. The molecule has 1 amide bonds. The van der Waals surface area contributed by atoms with Gasteiger partial charge in [-0.25, -0.2) is 0 Å². The molecule has 2 aromatic carbocycles. The number of nitrogens with one attached hydrogen (secondary N) is 1. The lowest BCUT2D eigenvalue weighted by Crippen LogP contribution is -2.47. The van der Waals surface area contributed by atoms with Crippen LogP contribution in [0.2, 0.25) is 0 Å². The second-order valence-electron chi connectivity index (χ2n) is 8.69. The van der Waals surface area contributed by atoms with E-state index in [9.17, 15) is 15.0 Å². The van der Waals surface area contributed by atoms with Gasteiger partial charge in [-0.1, -0.05) is 81.6 Å². The third-order valence-electron chi connectivity index (χ3n) is 6.06. The average molecular weight is 916 g/mol. The van der Waals surface area contributed by atoms with Crippen LogP contribution in [0.5, 0.6) is 5.75 Å². The molecule has 3 N–H and O–H groups in total. The van der Waals surface area contributed by atoms with Crippen LogP contribution in [0.25, 0.3) is 0 Å². The predicted molar refractivity (Wildman–Crippen MR) is 169 cm³/mol. The van der Waals surface area contributed by atoms with E-state index in [-0.39, 0.29) is 20.5 Å². The van der Waals surface area contributed by atoms with E-state index in [1.165, 1.54) is 0 Å². The maximum Gasteiger partial charge on any atom is 0.255 e. The van der Waals surface area contributed by atoms with Crippen molar-refractivity contribution >= 4 is 102 Å². The lowest BCUT2D eigenvalue weighted by Gasteiger charge is -2.39. The third-order valence-corrected chi connectivity index (χ3v) is 8.80. The SMILES string of the molecule is C[C@@](O)(CO)[C@H]1CCCN(Cc2ccc(NC(=O)C(I)(I)c3ccccc3)cc2OC(I)I)C1. The van der Waals surface area contributed by atoms with Crippen LogP contribution in [0.4, 0.5) is 5.69 Å². The summed E-state index contributed by atoms with van der Waals surface area (Å²) >= 11 is 8.77. The number of aliphatic hydroxyl groups excluding tert-OH is 1. The van der Waals surface area contributed by atoms with Gasteiger partial charge >= 0.3 is 0 Å². The Balaban J connectivity index is 1.77. The second kappa shape index (κ2) is 12.8. The van der Waals surface area contributed by atoms with Gasteiger partial charge in [0.2, 0.25) is 0 Å². The molecule has 1 heterocycles. The van der Waals surface area contributed by atoms with E-state index in [0.29, 0.717) is 18.8 Å². The summed E-state index contributed by atoms with van der Waals surface area (Å²) in [7, 11) is 0. The monoisotopic (exact) mass is 916 g/mol. The smallest absolute Gasteiger partial charge is 0.255 e. The van der Waals surface area contributed by atoms with Crippen molar-refractivity contribution in [1.82, 2.24) is 4.90 Å². The van der Waals surface area contributed by atoms with Gasteiger partial charge in [-0.2, -0.15) is 0 Å². The predicted octanol–water partition coefficient (Wildman–Crippen LogP) is 5.84. The van der Waals surface area contributed by atoms with Crippen LogP contribution in [-0.2, 0) is 12.8 Å². The molecule has 1 aliphatic rings. The van der Waals surface area contributed by atoms with Crippen molar-refractivity contribution in [1.29, 1.82) is 0 Å². The Morgan fingerprint density at radius 2 is 1.94 bits per heavy atom. The minimum absolute atomic E-state index is 0.0227. The molecule has 1 saturated heterocycles. The first-order valence-electron chi connectivity index (χ1n) is 10.9. The molecule has 0 spiro atoms. The first kappa shape index (κ1) is 29.1. The maximum absolute atomic E-state index is 13.1. The minimum Gasteiger partial charge on any atom is -0.470 e. The van der Waals surface area contributed by atoms with Crippen molar-refractivity contribution in [3.8, 4) is 5.75 Å². The van der Waals surface area contributed by atoms with Crippen molar-refractivity contribution in [2.45, 2.75) is 35.5 Å². The van der Waals surface area contributed by atoms with Crippen LogP contribution in [0.1, 0.15) is 30.9 Å². The molecular weight excluding hydrogens is 888 g/mol. The zero-order valence-corrected chi connectivity index (χ0v) is 27.3. The van der Waals surface area contributed by atoms with E-state index in [0.717, 1.165) is 36.3 Å². The Hall–Kier alpha value is 0.510. The van der Waals surface area contributed by atoms with E-state index < -0.39 is 7.03 Å². The quantitative estimate of drug-likeness (QED) is 0.218. The summed E-state index contributed by atoms with van der Waals surface area (Å²) in [5.74, 6) is 0.647. The molecule has 0 aliphatic carbocycles. The van der Waals surface area contributed by atoms with E-state index in [1.54, 1.807) is 6.92 Å². The second-order valence-corrected chi connectivity index (χ2v) is 18.6. The number of hydrogen-bond donors (Lipinski definition) is 3. The molecule has 34 heavy (non-hydrogen) atoms. The Bertz CT molecular complexity index is 973. The van der Waals surface area contributed by atoms with Crippen molar-refractivity contribution in [2.24, 2.45) is 5.92 Å². The van der Waals surface area contributed by atoms with Gasteiger partial charge in [0.15, 0.2) is 3.55 Å². The van der Waals surface area contributed by atoms with E-state index in [4.69, 9.17) is 4.74 Å². The molecule has 2 aromatic rings. The Morgan fingerprint density at radius 1 is 1.24 bits per heavy atom. The number of aliphatic hydroxyl groups is 2. The zero-order valence-electron chi connectivity index (χ0n) is 18.7.